The summed E-state index contributed by atoms with van der Waals surface area (Å²) in [5.41, 5.74) is 0.107. The fourth-order valence-corrected chi connectivity index (χ4v) is 7.61. The molecule has 256 valence electrons. The molecule has 7 atom stereocenters. The molecule has 3 heterocycles. The summed E-state index contributed by atoms with van der Waals surface area (Å²) in [7, 11) is 0. The number of hydrogen-bond acceptors (Lipinski definition) is 7. The summed E-state index contributed by atoms with van der Waals surface area (Å²) >= 11 is 0. The first-order valence-corrected chi connectivity index (χ1v) is 17.0. The molecule has 3 aliphatic heterocycles. The van der Waals surface area contributed by atoms with E-state index < -0.39 is 60.2 Å². The number of nitrogens with zero attached hydrogens (tertiary/aromatic N) is 2. The van der Waals surface area contributed by atoms with Gasteiger partial charge in [-0.05, 0) is 36.8 Å². The van der Waals surface area contributed by atoms with Gasteiger partial charge in [0.25, 0.3) is 0 Å². The summed E-state index contributed by atoms with van der Waals surface area (Å²) in [6, 6.07) is 16.4. The lowest BCUT2D eigenvalue weighted by molar-refractivity contribution is -0.161. The van der Waals surface area contributed by atoms with Crippen LogP contribution in [0.1, 0.15) is 68.7 Å². The highest BCUT2D eigenvalue weighted by molar-refractivity contribution is 5.98. The highest BCUT2D eigenvalue weighted by atomic mass is 16.6. The SMILES string of the molecule is C=CCCC(=O)NC[C@H](OC(=O)[C@@H]1[C@@H]2CC[C@]3(O2)[C@H](C(=O)N(CC=C)CCCC)N([C@H](CO)c2ccccc2)C(=O)[C@@H]13)c1ccccc1. The minimum absolute atomic E-state index is 0.0511. The van der Waals surface area contributed by atoms with Crippen molar-refractivity contribution in [2.24, 2.45) is 11.8 Å². The van der Waals surface area contributed by atoms with Gasteiger partial charge in [0.05, 0.1) is 37.1 Å². The molecule has 3 aliphatic rings. The summed E-state index contributed by atoms with van der Waals surface area (Å²) in [5.74, 6) is -3.45. The van der Waals surface area contributed by atoms with Gasteiger partial charge < -0.3 is 29.7 Å². The Morgan fingerprint density at radius 2 is 1.79 bits per heavy atom. The minimum atomic E-state index is -1.27. The number of hydrogen-bond donors (Lipinski definition) is 2. The Balaban J connectivity index is 1.49. The number of aliphatic hydroxyl groups is 1. The Morgan fingerprint density at radius 1 is 1.10 bits per heavy atom. The third kappa shape index (κ3) is 6.82. The molecule has 0 aliphatic carbocycles. The van der Waals surface area contributed by atoms with Crippen LogP contribution in [-0.2, 0) is 28.7 Å². The molecule has 0 radical (unpaired) electrons. The van der Waals surface area contributed by atoms with E-state index in [2.05, 4.69) is 18.5 Å². The monoisotopic (exact) mass is 657 g/mol. The second-order valence-corrected chi connectivity index (χ2v) is 12.8. The molecule has 2 aromatic rings. The van der Waals surface area contributed by atoms with E-state index in [4.69, 9.17) is 9.47 Å². The summed E-state index contributed by atoms with van der Waals surface area (Å²) in [4.78, 5) is 59.2. The molecule has 3 saturated heterocycles. The third-order valence-electron chi connectivity index (χ3n) is 9.87. The van der Waals surface area contributed by atoms with E-state index in [-0.39, 0.29) is 24.8 Å². The number of carbonyl (C=O) groups is 4. The van der Waals surface area contributed by atoms with Crippen LogP contribution in [0, 0.1) is 11.8 Å². The molecule has 2 N–H and O–H groups in total. The first-order valence-electron chi connectivity index (χ1n) is 17.0. The normalized spacial score (nSPS) is 25.2. The molecule has 0 aromatic heterocycles. The van der Waals surface area contributed by atoms with Crippen LogP contribution in [0.25, 0.3) is 0 Å². The summed E-state index contributed by atoms with van der Waals surface area (Å²) in [6.45, 7) is 9.96. The number of aliphatic hydroxyl groups excluding tert-OH is 1. The van der Waals surface area contributed by atoms with Crippen molar-refractivity contribution in [1.82, 2.24) is 15.1 Å². The van der Waals surface area contributed by atoms with E-state index in [0.29, 0.717) is 43.5 Å². The molecule has 5 rings (SSSR count). The fraction of sp³-hybridized carbons (Fsp3) is 0.474. The molecule has 10 heteroatoms. The topological polar surface area (TPSA) is 125 Å². The van der Waals surface area contributed by atoms with Gasteiger partial charge in [-0.3, -0.25) is 19.2 Å². The van der Waals surface area contributed by atoms with Crippen LogP contribution in [0.3, 0.4) is 0 Å². The Morgan fingerprint density at radius 3 is 2.42 bits per heavy atom. The molecule has 3 amide bonds. The van der Waals surface area contributed by atoms with Crippen molar-refractivity contribution < 1.29 is 33.8 Å². The lowest BCUT2D eigenvalue weighted by Gasteiger charge is -2.39. The third-order valence-corrected chi connectivity index (χ3v) is 9.87. The van der Waals surface area contributed by atoms with Crippen LogP contribution in [0.5, 0.6) is 0 Å². The van der Waals surface area contributed by atoms with E-state index in [1.54, 1.807) is 17.1 Å². The van der Waals surface area contributed by atoms with E-state index in [1.807, 2.05) is 67.6 Å². The van der Waals surface area contributed by atoms with Gasteiger partial charge in [0.1, 0.15) is 17.7 Å². The number of fused-ring (bicyclic) bond motifs is 1. The van der Waals surface area contributed by atoms with Gasteiger partial charge in [-0.25, -0.2) is 0 Å². The van der Waals surface area contributed by atoms with Crippen LogP contribution < -0.4 is 5.32 Å². The summed E-state index contributed by atoms with van der Waals surface area (Å²) in [6.07, 6.45) is 5.21. The molecule has 3 fully saturated rings. The maximum absolute atomic E-state index is 14.7. The molecular formula is C38H47N3O7. The van der Waals surface area contributed by atoms with Crippen LogP contribution >= 0.6 is 0 Å². The number of carbonyl (C=O) groups excluding carboxylic acids is 4. The lowest BCUT2D eigenvalue weighted by atomic mass is 9.70. The van der Waals surface area contributed by atoms with Gasteiger partial charge in [-0.1, -0.05) is 86.2 Å². The molecule has 48 heavy (non-hydrogen) atoms. The standard InChI is InChI=1S/C38H47N3O7/c1-4-7-19-31(43)39-24-30(27-17-13-10-14-18-27)47-37(46)32-29-20-21-38(48-29)33(32)35(44)41(28(25-42)26-15-11-9-12-16-26)34(38)36(45)40(22-6-3)23-8-5-2/h4,6,9-18,28-30,32-34,42H,1,3,5,7-8,19-25H2,2H3,(H,39,43)/t28-,29+,30+,32-,33-,34+,38-/m1/s1. The number of amides is 3. The largest absolute Gasteiger partial charge is 0.455 e. The van der Waals surface area contributed by atoms with E-state index >= 15 is 0 Å². The highest BCUT2D eigenvalue weighted by Crippen LogP contribution is 2.60. The van der Waals surface area contributed by atoms with E-state index in [0.717, 1.165) is 12.8 Å². The van der Waals surface area contributed by atoms with Gasteiger partial charge in [0.15, 0.2) is 0 Å². The van der Waals surface area contributed by atoms with Gasteiger partial charge >= 0.3 is 5.97 Å². The van der Waals surface area contributed by atoms with Crippen molar-refractivity contribution in [3.05, 3.63) is 97.1 Å². The second kappa shape index (κ2) is 15.7. The maximum atomic E-state index is 14.7. The molecule has 2 bridgehead atoms. The Bertz CT molecular complexity index is 1470. The van der Waals surface area contributed by atoms with Crippen molar-refractivity contribution in [3.8, 4) is 0 Å². The van der Waals surface area contributed by atoms with Crippen LogP contribution in [0.15, 0.2) is 86.0 Å². The number of ether oxygens (including phenoxy) is 2. The van der Waals surface area contributed by atoms with Gasteiger partial charge in [0.2, 0.25) is 17.7 Å². The van der Waals surface area contributed by atoms with Crippen molar-refractivity contribution in [2.75, 3.05) is 26.2 Å². The Labute approximate surface area is 282 Å². The molecule has 1 spiro atoms. The molecule has 2 aromatic carbocycles. The van der Waals surface area contributed by atoms with Gasteiger partial charge in [-0.15, -0.1) is 13.2 Å². The fourth-order valence-electron chi connectivity index (χ4n) is 7.61. The summed E-state index contributed by atoms with van der Waals surface area (Å²) < 4.78 is 12.8. The van der Waals surface area contributed by atoms with Crippen LogP contribution in [-0.4, -0.2) is 82.6 Å². The number of esters is 1. The van der Waals surface area contributed by atoms with E-state index in [9.17, 15) is 24.3 Å². The molecule has 10 nitrogen and oxygen atoms in total. The Kier molecular flexibility index (Phi) is 11.5. The zero-order valence-electron chi connectivity index (χ0n) is 27.7. The highest BCUT2D eigenvalue weighted by Gasteiger charge is 2.75. The van der Waals surface area contributed by atoms with Crippen molar-refractivity contribution in [3.63, 3.8) is 0 Å². The van der Waals surface area contributed by atoms with Crippen molar-refractivity contribution in [1.29, 1.82) is 0 Å². The van der Waals surface area contributed by atoms with E-state index in [1.165, 1.54) is 4.90 Å². The van der Waals surface area contributed by atoms with Gasteiger partial charge in [-0.2, -0.15) is 0 Å². The first-order chi connectivity index (χ1) is 23.3. The zero-order valence-corrected chi connectivity index (χ0v) is 27.7. The first kappa shape index (κ1) is 35.0. The number of rotatable bonds is 17. The number of allylic oxidation sites excluding steroid dienone is 1. The Hall–Kier alpha value is -4.28. The number of unbranched alkanes of at least 4 members (excludes halogenated alkanes) is 1. The smallest absolute Gasteiger partial charge is 0.313 e. The molecular weight excluding hydrogens is 610 g/mol. The quantitative estimate of drug-likeness (QED) is 0.192. The average Bonchev–Trinajstić information content (AvgIpc) is 3.76. The predicted molar refractivity (Wildman–Crippen MR) is 180 cm³/mol. The van der Waals surface area contributed by atoms with Crippen molar-refractivity contribution in [2.45, 2.75) is 75.3 Å². The molecule has 0 unspecified atom stereocenters. The number of likely N-dealkylation sites (tertiary alicyclic amines) is 1. The maximum Gasteiger partial charge on any atom is 0.313 e. The van der Waals surface area contributed by atoms with Crippen molar-refractivity contribution >= 4 is 23.7 Å². The second-order valence-electron chi connectivity index (χ2n) is 12.8. The average molecular weight is 658 g/mol. The zero-order chi connectivity index (χ0) is 34.3. The minimum Gasteiger partial charge on any atom is -0.455 e. The lowest BCUT2D eigenvalue weighted by Crippen LogP contribution is -2.57. The van der Waals surface area contributed by atoms with Gasteiger partial charge in [0, 0.05) is 19.5 Å². The number of nitrogens with one attached hydrogen (secondary N) is 1. The van der Waals surface area contributed by atoms with Crippen LogP contribution in [0.4, 0.5) is 0 Å². The number of benzene rings is 2. The van der Waals surface area contributed by atoms with Crippen LogP contribution in [0.2, 0.25) is 0 Å². The molecule has 0 saturated carbocycles. The predicted octanol–water partition coefficient (Wildman–Crippen LogP) is 4.28. The summed E-state index contributed by atoms with van der Waals surface area (Å²) in [5, 5.41) is 13.6.